The molecule has 0 radical (unpaired) electrons. The van der Waals surface area contributed by atoms with Crippen LogP contribution in [-0.2, 0) is 9.53 Å². The third kappa shape index (κ3) is 4.69. The lowest BCUT2D eigenvalue weighted by Gasteiger charge is -2.21. The van der Waals surface area contributed by atoms with Gasteiger partial charge in [-0.05, 0) is 24.6 Å². The number of benzene rings is 1. The molecular formula is C14H18FNO3. The van der Waals surface area contributed by atoms with E-state index in [1.807, 2.05) is 6.92 Å². The van der Waals surface area contributed by atoms with Crippen LogP contribution >= 0.6 is 0 Å². The molecule has 0 spiro atoms. The molecule has 1 aromatic rings. The molecule has 0 fully saturated rings. The summed E-state index contributed by atoms with van der Waals surface area (Å²) in [4.78, 5) is 24.8. The molecule has 0 bridgehead atoms. The van der Waals surface area contributed by atoms with E-state index in [0.29, 0.717) is 12.1 Å². The van der Waals surface area contributed by atoms with Gasteiger partial charge in [0.05, 0.1) is 13.5 Å². The fourth-order valence-electron chi connectivity index (χ4n) is 1.72. The number of amides is 1. The monoisotopic (exact) mass is 267 g/mol. The van der Waals surface area contributed by atoms with Gasteiger partial charge in [-0.1, -0.05) is 13.0 Å². The van der Waals surface area contributed by atoms with E-state index in [4.69, 9.17) is 0 Å². The molecule has 5 heteroatoms. The van der Waals surface area contributed by atoms with Gasteiger partial charge in [0.2, 0.25) is 0 Å². The summed E-state index contributed by atoms with van der Waals surface area (Å²) < 4.78 is 17.6. The maximum absolute atomic E-state index is 13.1. The van der Waals surface area contributed by atoms with Gasteiger partial charge >= 0.3 is 5.97 Å². The number of ether oxygens (including phenoxy) is 1. The first-order chi connectivity index (χ1) is 9.08. The zero-order chi connectivity index (χ0) is 14.3. The molecule has 104 valence electrons. The Bertz CT molecular complexity index is 448. The quantitative estimate of drug-likeness (QED) is 0.743. The van der Waals surface area contributed by atoms with Crippen LogP contribution in [0.25, 0.3) is 0 Å². The van der Waals surface area contributed by atoms with E-state index in [0.717, 1.165) is 6.42 Å². The van der Waals surface area contributed by atoms with Gasteiger partial charge in [-0.2, -0.15) is 0 Å². The van der Waals surface area contributed by atoms with Crippen LogP contribution in [0.5, 0.6) is 0 Å². The molecule has 0 N–H and O–H groups in total. The average molecular weight is 267 g/mol. The third-order valence-electron chi connectivity index (χ3n) is 2.67. The molecule has 1 amide bonds. The number of rotatable bonds is 6. The molecule has 0 heterocycles. The first-order valence-corrected chi connectivity index (χ1v) is 6.20. The van der Waals surface area contributed by atoms with E-state index in [-0.39, 0.29) is 24.8 Å². The molecule has 0 aliphatic rings. The van der Waals surface area contributed by atoms with Crippen molar-refractivity contribution < 1.29 is 18.7 Å². The van der Waals surface area contributed by atoms with Crippen molar-refractivity contribution in [3.63, 3.8) is 0 Å². The molecule has 1 rings (SSSR count). The van der Waals surface area contributed by atoms with E-state index in [1.54, 1.807) is 6.07 Å². The SMILES string of the molecule is CCCN(CCC(=O)OC)C(=O)c1cccc(F)c1. The van der Waals surface area contributed by atoms with Crippen molar-refractivity contribution in [2.75, 3.05) is 20.2 Å². The van der Waals surface area contributed by atoms with Crippen LogP contribution in [0.3, 0.4) is 0 Å². The zero-order valence-corrected chi connectivity index (χ0v) is 11.2. The summed E-state index contributed by atoms with van der Waals surface area (Å²) in [5.41, 5.74) is 0.290. The first kappa shape index (κ1) is 15.1. The highest BCUT2D eigenvalue weighted by molar-refractivity contribution is 5.94. The standard InChI is InChI=1S/C14H18FNO3/c1-3-8-16(9-7-13(17)19-2)14(18)11-5-4-6-12(15)10-11/h4-6,10H,3,7-9H2,1-2H3. The third-order valence-corrected chi connectivity index (χ3v) is 2.67. The van der Waals surface area contributed by atoms with E-state index >= 15 is 0 Å². The van der Waals surface area contributed by atoms with Crippen LogP contribution in [0.2, 0.25) is 0 Å². The van der Waals surface area contributed by atoms with Crippen molar-refractivity contribution in [1.82, 2.24) is 4.90 Å². The molecule has 4 nitrogen and oxygen atoms in total. The Kier molecular flexibility index (Phi) is 5.99. The second-order valence-electron chi connectivity index (χ2n) is 4.13. The van der Waals surface area contributed by atoms with Crippen LogP contribution < -0.4 is 0 Å². The second kappa shape index (κ2) is 7.51. The van der Waals surface area contributed by atoms with Gasteiger partial charge in [0.15, 0.2) is 0 Å². The molecule has 0 saturated heterocycles. The van der Waals surface area contributed by atoms with Crippen molar-refractivity contribution in [2.45, 2.75) is 19.8 Å². The Labute approximate surface area is 112 Å². The van der Waals surface area contributed by atoms with Gasteiger partial charge in [0.1, 0.15) is 5.82 Å². The number of hydrogen-bond donors (Lipinski definition) is 0. The van der Waals surface area contributed by atoms with Crippen LogP contribution in [0.1, 0.15) is 30.1 Å². The highest BCUT2D eigenvalue weighted by atomic mass is 19.1. The summed E-state index contributed by atoms with van der Waals surface area (Å²) in [5.74, 6) is -1.09. The van der Waals surface area contributed by atoms with Crippen LogP contribution in [0.15, 0.2) is 24.3 Å². The maximum atomic E-state index is 13.1. The number of methoxy groups -OCH3 is 1. The van der Waals surface area contributed by atoms with Gasteiger partial charge < -0.3 is 9.64 Å². The van der Waals surface area contributed by atoms with Gasteiger partial charge in [0.25, 0.3) is 5.91 Å². The summed E-state index contributed by atoms with van der Waals surface area (Å²) in [6.45, 7) is 2.73. The van der Waals surface area contributed by atoms with E-state index < -0.39 is 5.82 Å². The van der Waals surface area contributed by atoms with Crippen LogP contribution in [0.4, 0.5) is 4.39 Å². The Morgan fingerprint density at radius 3 is 2.63 bits per heavy atom. The van der Waals surface area contributed by atoms with Crippen molar-refractivity contribution in [3.8, 4) is 0 Å². The molecule has 0 aliphatic heterocycles. The van der Waals surface area contributed by atoms with Crippen LogP contribution in [-0.4, -0.2) is 37.0 Å². The van der Waals surface area contributed by atoms with Gasteiger partial charge in [-0.15, -0.1) is 0 Å². The molecule has 0 saturated carbocycles. The summed E-state index contributed by atoms with van der Waals surface area (Å²) >= 11 is 0. The Morgan fingerprint density at radius 2 is 2.05 bits per heavy atom. The maximum Gasteiger partial charge on any atom is 0.307 e. The predicted octanol–water partition coefficient (Wildman–Crippen LogP) is 2.24. The summed E-state index contributed by atoms with van der Waals surface area (Å²) in [7, 11) is 1.31. The minimum absolute atomic E-state index is 0.136. The topological polar surface area (TPSA) is 46.6 Å². The highest BCUT2D eigenvalue weighted by Gasteiger charge is 2.16. The number of carbonyl (C=O) groups is 2. The fourth-order valence-corrected chi connectivity index (χ4v) is 1.72. The number of halogens is 1. The van der Waals surface area contributed by atoms with Crippen molar-refractivity contribution in [1.29, 1.82) is 0 Å². The van der Waals surface area contributed by atoms with Crippen molar-refractivity contribution >= 4 is 11.9 Å². The normalized spacial score (nSPS) is 10.1. The minimum Gasteiger partial charge on any atom is -0.469 e. The van der Waals surface area contributed by atoms with Crippen molar-refractivity contribution in [3.05, 3.63) is 35.6 Å². The van der Waals surface area contributed by atoms with E-state index in [2.05, 4.69) is 4.74 Å². The van der Waals surface area contributed by atoms with Gasteiger partial charge in [-0.3, -0.25) is 9.59 Å². The number of nitrogens with zero attached hydrogens (tertiary/aromatic N) is 1. The lowest BCUT2D eigenvalue weighted by molar-refractivity contribution is -0.140. The summed E-state index contributed by atoms with van der Waals surface area (Å²) in [5, 5.41) is 0. The number of hydrogen-bond acceptors (Lipinski definition) is 3. The zero-order valence-electron chi connectivity index (χ0n) is 11.2. The van der Waals surface area contributed by atoms with Crippen LogP contribution in [0, 0.1) is 5.82 Å². The lowest BCUT2D eigenvalue weighted by atomic mass is 10.2. The second-order valence-corrected chi connectivity index (χ2v) is 4.13. The fraction of sp³-hybridized carbons (Fsp3) is 0.429. The molecule has 19 heavy (non-hydrogen) atoms. The minimum atomic E-state index is -0.449. The Morgan fingerprint density at radius 1 is 1.32 bits per heavy atom. The van der Waals surface area contributed by atoms with Gasteiger partial charge in [-0.25, -0.2) is 4.39 Å². The van der Waals surface area contributed by atoms with Gasteiger partial charge in [0, 0.05) is 18.7 Å². The van der Waals surface area contributed by atoms with E-state index in [9.17, 15) is 14.0 Å². The van der Waals surface area contributed by atoms with Crippen molar-refractivity contribution in [2.24, 2.45) is 0 Å². The molecular weight excluding hydrogens is 249 g/mol. The Balaban J connectivity index is 2.74. The smallest absolute Gasteiger partial charge is 0.307 e. The molecule has 0 aliphatic carbocycles. The number of carbonyl (C=O) groups excluding carboxylic acids is 2. The Hall–Kier alpha value is -1.91. The first-order valence-electron chi connectivity index (χ1n) is 6.20. The molecule has 0 aromatic heterocycles. The highest BCUT2D eigenvalue weighted by Crippen LogP contribution is 2.09. The lowest BCUT2D eigenvalue weighted by Crippen LogP contribution is -2.34. The molecule has 0 atom stereocenters. The average Bonchev–Trinajstić information content (AvgIpc) is 2.42. The number of esters is 1. The molecule has 0 unspecified atom stereocenters. The predicted molar refractivity (Wildman–Crippen MR) is 69.2 cm³/mol. The summed E-state index contributed by atoms with van der Waals surface area (Å²) in [6, 6.07) is 5.54. The summed E-state index contributed by atoms with van der Waals surface area (Å²) in [6.07, 6.45) is 0.903. The largest absolute Gasteiger partial charge is 0.469 e. The van der Waals surface area contributed by atoms with E-state index in [1.165, 1.54) is 30.2 Å². The molecule has 1 aromatic carbocycles.